The van der Waals surface area contributed by atoms with Gasteiger partial charge in [0.05, 0.1) is 4.88 Å². The first-order valence-corrected chi connectivity index (χ1v) is 11.8. The van der Waals surface area contributed by atoms with Crippen LogP contribution in [0.2, 0.25) is 10.0 Å². The van der Waals surface area contributed by atoms with E-state index in [1.807, 2.05) is 12.1 Å². The molecule has 2 heterocycles. The molecule has 0 fully saturated rings. The number of aromatic nitrogens is 4. The van der Waals surface area contributed by atoms with E-state index < -0.39 is 0 Å². The Balaban J connectivity index is 2.08. The lowest BCUT2D eigenvalue weighted by Crippen LogP contribution is -1.96. The molecule has 0 aliphatic carbocycles. The molecule has 31 heavy (non-hydrogen) atoms. The first kappa shape index (κ1) is 22.0. The molecule has 0 unspecified atom stereocenters. The van der Waals surface area contributed by atoms with Crippen molar-refractivity contribution in [2.75, 3.05) is 0 Å². The summed E-state index contributed by atoms with van der Waals surface area (Å²) in [7, 11) is 0. The van der Waals surface area contributed by atoms with Crippen molar-refractivity contribution in [1.29, 1.82) is 0 Å². The van der Waals surface area contributed by atoms with Crippen LogP contribution in [0.5, 0.6) is 0 Å². The Kier molecular flexibility index (Phi) is 6.20. The molecule has 4 aromatic rings. The molecular formula is C24H24Cl2N4S. The minimum Gasteiger partial charge on any atom is -0.177 e. The molecule has 1 N–H and O–H groups in total. The van der Waals surface area contributed by atoms with Crippen LogP contribution in [0.4, 0.5) is 0 Å². The molecule has 0 spiro atoms. The maximum absolute atomic E-state index is 6.37. The lowest BCUT2D eigenvalue weighted by atomic mass is 9.87. The number of hydrogen-bond donors (Lipinski definition) is 1. The van der Waals surface area contributed by atoms with E-state index in [0.717, 1.165) is 20.5 Å². The Morgan fingerprint density at radius 3 is 1.97 bits per heavy atom. The smallest absolute Gasteiger partial charge is 0.177 e. The number of hydrogen-bond acceptors (Lipinski definition) is 4. The van der Waals surface area contributed by atoms with E-state index in [1.54, 1.807) is 11.3 Å². The second kappa shape index (κ2) is 8.73. The Morgan fingerprint density at radius 2 is 1.42 bits per heavy atom. The molecule has 160 valence electrons. The van der Waals surface area contributed by atoms with Gasteiger partial charge in [0.15, 0.2) is 0 Å². The molecule has 0 aliphatic heterocycles. The van der Waals surface area contributed by atoms with E-state index in [0.29, 0.717) is 17.7 Å². The van der Waals surface area contributed by atoms with Crippen molar-refractivity contribution in [1.82, 2.24) is 20.6 Å². The van der Waals surface area contributed by atoms with Gasteiger partial charge in [0.1, 0.15) is 0 Å². The van der Waals surface area contributed by atoms with Crippen molar-refractivity contribution in [2.24, 2.45) is 0 Å². The second-order valence-electron chi connectivity index (χ2n) is 8.27. The summed E-state index contributed by atoms with van der Waals surface area (Å²) in [6.45, 7) is 10.9. The maximum atomic E-state index is 6.37. The summed E-state index contributed by atoms with van der Waals surface area (Å²) in [4.78, 5) is 2.19. The van der Waals surface area contributed by atoms with Crippen LogP contribution in [-0.4, -0.2) is 20.6 Å². The van der Waals surface area contributed by atoms with E-state index in [4.69, 9.17) is 23.2 Å². The van der Waals surface area contributed by atoms with Gasteiger partial charge in [-0.1, -0.05) is 63.0 Å². The predicted molar refractivity (Wildman–Crippen MR) is 131 cm³/mol. The molecule has 0 saturated carbocycles. The third-order valence-electron chi connectivity index (χ3n) is 5.48. The van der Waals surface area contributed by atoms with Crippen molar-refractivity contribution < 1.29 is 0 Å². The minimum absolute atomic E-state index is 0.323. The van der Waals surface area contributed by atoms with Crippen LogP contribution in [0.25, 0.3) is 32.3 Å². The standard InChI is InChI=1S/C24H24Cl2N4S/c1-12(2)19-10-15(25)6-8-17(19)21-14(5)22(24-27-29-30-28-24)31-23(21)18-9-7-16(26)11-20(18)13(3)4/h6-13H,1-5H3,(H,27,28,29,30). The molecular weight excluding hydrogens is 447 g/mol. The first-order chi connectivity index (χ1) is 14.8. The Labute approximate surface area is 196 Å². The van der Waals surface area contributed by atoms with E-state index in [2.05, 4.69) is 79.5 Å². The van der Waals surface area contributed by atoms with Crippen LogP contribution in [0.3, 0.4) is 0 Å². The predicted octanol–water partition coefficient (Wildman–Crippen LogP) is 8.12. The highest BCUT2D eigenvalue weighted by Gasteiger charge is 2.25. The van der Waals surface area contributed by atoms with Crippen molar-refractivity contribution >= 4 is 34.5 Å². The fourth-order valence-electron chi connectivity index (χ4n) is 3.96. The van der Waals surface area contributed by atoms with Gasteiger partial charge >= 0.3 is 0 Å². The lowest BCUT2D eigenvalue weighted by Gasteiger charge is -2.18. The van der Waals surface area contributed by atoms with Crippen molar-refractivity contribution in [2.45, 2.75) is 46.5 Å². The van der Waals surface area contributed by atoms with Crippen molar-refractivity contribution in [3.05, 3.63) is 63.1 Å². The Morgan fingerprint density at radius 1 is 0.839 bits per heavy atom. The topological polar surface area (TPSA) is 54.5 Å². The minimum atomic E-state index is 0.323. The number of tetrazole rings is 1. The van der Waals surface area contributed by atoms with Crippen LogP contribution in [0.15, 0.2) is 36.4 Å². The molecule has 0 radical (unpaired) electrons. The quantitative estimate of drug-likeness (QED) is 0.320. The van der Waals surface area contributed by atoms with Crippen LogP contribution >= 0.6 is 34.5 Å². The van der Waals surface area contributed by atoms with E-state index in [1.165, 1.54) is 32.7 Å². The summed E-state index contributed by atoms with van der Waals surface area (Å²) in [5.74, 6) is 1.26. The molecule has 4 rings (SSSR count). The summed E-state index contributed by atoms with van der Waals surface area (Å²) in [5, 5.41) is 16.4. The highest BCUT2D eigenvalue weighted by Crippen LogP contribution is 2.49. The molecule has 2 aromatic heterocycles. The van der Waals surface area contributed by atoms with Gasteiger partial charge in [0, 0.05) is 20.5 Å². The lowest BCUT2D eigenvalue weighted by molar-refractivity contribution is 0.867. The number of rotatable bonds is 5. The van der Waals surface area contributed by atoms with Crippen LogP contribution in [-0.2, 0) is 0 Å². The summed E-state index contributed by atoms with van der Waals surface area (Å²) >= 11 is 14.4. The summed E-state index contributed by atoms with van der Waals surface area (Å²) < 4.78 is 0. The summed E-state index contributed by atoms with van der Waals surface area (Å²) in [6, 6.07) is 12.3. The number of halogens is 2. The third kappa shape index (κ3) is 4.14. The molecule has 0 atom stereocenters. The van der Waals surface area contributed by atoms with Gasteiger partial charge in [-0.25, -0.2) is 0 Å². The van der Waals surface area contributed by atoms with Crippen molar-refractivity contribution in [3.8, 4) is 32.3 Å². The van der Waals surface area contributed by atoms with Crippen molar-refractivity contribution in [3.63, 3.8) is 0 Å². The molecule has 0 amide bonds. The average molecular weight is 471 g/mol. The van der Waals surface area contributed by atoms with Gasteiger partial charge in [0.25, 0.3) is 0 Å². The van der Waals surface area contributed by atoms with E-state index in [-0.39, 0.29) is 0 Å². The fourth-order valence-corrected chi connectivity index (χ4v) is 5.61. The van der Waals surface area contributed by atoms with Crippen LogP contribution in [0.1, 0.15) is 56.2 Å². The van der Waals surface area contributed by atoms with E-state index in [9.17, 15) is 0 Å². The number of nitrogens with zero attached hydrogens (tertiary/aromatic N) is 3. The van der Waals surface area contributed by atoms with Gasteiger partial charge in [-0.2, -0.15) is 5.21 Å². The zero-order valence-electron chi connectivity index (χ0n) is 18.1. The molecule has 2 aromatic carbocycles. The number of H-pyrrole nitrogens is 1. The van der Waals surface area contributed by atoms with Gasteiger partial charge < -0.3 is 0 Å². The second-order valence-corrected chi connectivity index (χ2v) is 10.2. The first-order valence-electron chi connectivity index (χ1n) is 10.2. The highest BCUT2D eigenvalue weighted by molar-refractivity contribution is 7.19. The molecule has 0 saturated heterocycles. The van der Waals surface area contributed by atoms with Gasteiger partial charge in [-0.05, 0) is 76.1 Å². The third-order valence-corrected chi connectivity index (χ3v) is 7.27. The van der Waals surface area contributed by atoms with Gasteiger partial charge in [-0.3, -0.25) is 0 Å². The number of benzene rings is 2. The summed E-state index contributed by atoms with van der Waals surface area (Å²) in [6.07, 6.45) is 0. The molecule has 7 heteroatoms. The zero-order chi connectivity index (χ0) is 22.3. The normalized spacial score (nSPS) is 11.6. The Hall–Kier alpha value is -2.21. The number of nitrogens with one attached hydrogen (secondary N) is 1. The fraction of sp³-hybridized carbons (Fsp3) is 0.292. The SMILES string of the molecule is Cc1c(-c2nn[nH]n2)sc(-c2ccc(Cl)cc2C(C)C)c1-c1ccc(Cl)cc1C(C)C. The summed E-state index contributed by atoms with van der Waals surface area (Å²) in [5.41, 5.74) is 7.12. The molecule has 0 aliphatic rings. The zero-order valence-corrected chi connectivity index (χ0v) is 20.5. The molecule has 0 bridgehead atoms. The van der Waals surface area contributed by atoms with Gasteiger partial charge in [0.2, 0.25) is 5.82 Å². The number of aromatic amines is 1. The van der Waals surface area contributed by atoms with Crippen LogP contribution in [0, 0.1) is 6.92 Å². The highest BCUT2D eigenvalue weighted by atomic mass is 35.5. The number of thiophene rings is 1. The largest absolute Gasteiger partial charge is 0.214 e. The van der Waals surface area contributed by atoms with Crippen LogP contribution < -0.4 is 0 Å². The van der Waals surface area contributed by atoms with Gasteiger partial charge in [-0.15, -0.1) is 21.5 Å². The molecule has 4 nitrogen and oxygen atoms in total. The monoisotopic (exact) mass is 470 g/mol. The van der Waals surface area contributed by atoms with E-state index >= 15 is 0 Å². The maximum Gasteiger partial charge on any atom is 0.214 e. The Bertz CT molecular complexity index is 1230. The average Bonchev–Trinajstić information content (AvgIpc) is 3.36.